The summed E-state index contributed by atoms with van der Waals surface area (Å²) >= 11 is 13.9. The van der Waals surface area contributed by atoms with E-state index >= 15 is 0 Å². The average molecular weight is 381 g/mol. The van der Waals surface area contributed by atoms with Crippen molar-refractivity contribution < 1.29 is 4.74 Å². The van der Waals surface area contributed by atoms with E-state index < -0.39 is 9.93 Å². The largest absolute Gasteiger partial charge is 0.479 e. The third-order valence-electron chi connectivity index (χ3n) is 5.82. The Bertz CT molecular complexity index is 982. The lowest BCUT2D eigenvalue weighted by atomic mass is 9.80. The third-order valence-corrected chi connectivity index (χ3v) is 6.86. The van der Waals surface area contributed by atoms with Crippen molar-refractivity contribution in [2.24, 2.45) is 5.92 Å². The Hall–Kier alpha value is -1.96. The summed E-state index contributed by atoms with van der Waals surface area (Å²) in [6.07, 6.45) is 0. The van der Waals surface area contributed by atoms with Crippen molar-refractivity contribution in [3.63, 3.8) is 0 Å². The number of benzene rings is 3. The number of para-hydroxylation sites is 1. The zero-order chi connectivity index (χ0) is 17.9. The zero-order valence-corrected chi connectivity index (χ0v) is 15.8. The van der Waals surface area contributed by atoms with Gasteiger partial charge in [0.05, 0.1) is 5.92 Å². The molecule has 1 fully saturated rings. The molecule has 1 saturated carbocycles. The summed E-state index contributed by atoms with van der Waals surface area (Å²) in [7, 11) is 0. The second kappa shape index (κ2) is 5.52. The number of alkyl halides is 2. The molecule has 26 heavy (non-hydrogen) atoms. The first-order chi connectivity index (χ1) is 12.6. The SMILES string of the molecule is Cc1ccccc1[C@@H]1c2ccccc2O[C@@]2(c3ccccc3)[C@@H]1C2(Cl)Cl. The fraction of sp³-hybridized carbons (Fsp3) is 0.217. The predicted octanol–water partition coefficient (Wildman–Crippen LogP) is 6.22. The maximum atomic E-state index is 6.93. The van der Waals surface area contributed by atoms with Gasteiger partial charge in [-0.3, -0.25) is 0 Å². The minimum Gasteiger partial charge on any atom is -0.479 e. The van der Waals surface area contributed by atoms with Crippen molar-refractivity contribution in [1.29, 1.82) is 0 Å². The Balaban J connectivity index is 1.76. The minimum atomic E-state index is -0.986. The molecule has 1 heterocycles. The van der Waals surface area contributed by atoms with Gasteiger partial charge in [0.1, 0.15) is 5.75 Å². The lowest BCUT2D eigenvalue weighted by Gasteiger charge is -2.32. The summed E-state index contributed by atoms with van der Waals surface area (Å²) in [5.41, 5.74) is 3.96. The Morgan fingerprint density at radius 2 is 1.38 bits per heavy atom. The maximum Gasteiger partial charge on any atom is 0.174 e. The van der Waals surface area contributed by atoms with E-state index in [1.54, 1.807) is 0 Å². The highest BCUT2D eigenvalue weighted by Gasteiger charge is 2.83. The molecule has 3 aromatic rings. The van der Waals surface area contributed by atoms with Gasteiger partial charge in [0, 0.05) is 11.5 Å². The maximum absolute atomic E-state index is 6.93. The topological polar surface area (TPSA) is 9.23 Å². The molecule has 2 aliphatic rings. The Labute approximate surface area is 163 Å². The smallest absolute Gasteiger partial charge is 0.174 e. The molecule has 0 aromatic heterocycles. The van der Waals surface area contributed by atoms with Crippen molar-refractivity contribution in [3.8, 4) is 5.75 Å². The Morgan fingerprint density at radius 3 is 2.12 bits per heavy atom. The molecule has 5 rings (SSSR count). The lowest BCUT2D eigenvalue weighted by Crippen LogP contribution is -2.29. The molecular weight excluding hydrogens is 363 g/mol. The van der Waals surface area contributed by atoms with E-state index in [0.29, 0.717) is 0 Å². The van der Waals surface area contributed by atoms with Crippen molar-refractivity contribution in [2.75, 3.05) is 0 Å². The van der Waals surface area contributed by atoms with Gasteiger partial charge >= 0.3 is 0 Å². The van der Waals surface area contributed by atoms with Crippen molar-refractivity contribution in [3.05, 3.63) is 101 Å². The van der Waals surface area contributed by atoms with Gasteiger partial charge in [-0.05, 0) is 29.7 Å². The van der Waals surface area contributed by atoms with E-state index in [2.05, 4.69) is 55.5 Å². The van der Waals surface area contributed by atoms with Gasteiger partial charge in [-0.15, -0.1) is 0 Å². The van der Waals surface area contributed by atoms with Crippen molar-refractivity contribution in [2.45, 2.75) is 22.8 Å². The second-order valence-electron chi connectivity index (χ2n) is 7.18. The number of halogens is 2. The molecule has 3 aromatic carbocycles. The zero-order valence-electron chi connectivity index (χ0n) is 14.3. The molecule has 0 N–H and O–H groups in total. The van der Waals surface area contributed by atoms with Crippen LogP contribution in [0.1, 0.15) is 28.2 Å². The van der Waals surface area contributed by atoms with Gasteiger partial charge in [-0.1, -0.05) is 96.0 Å². The lowest BCUT2D eigenvalue weighted by molar-refractivity contribution is 0.137. The van der Waals surface area contributed by atoms with Crippen LogP contribution in [-0.2, 0) is 5.60 Å². The molecule has 0 saturated heterocycles. The molecule has 0 amide bonds. The molecule has 3 heteroatoms. The van der Waals surface area contributed by atoms with Crippen molar-refractivity contribution >= 4 is 23.2 Å². The minimum absolute atomic E-state index is 0.0447. The average Bonchev–Trinajstić information content (AvgIpc) is 3.17. The van der Waals surface area contributed by atoms with E-state index in [0.717, 1.165) is 16.9 Å². The van der Waals surface area contributed by atoms with Crippen LogP contribution in [0.5, 0.6) is 5.75 Å². The number of aryl methyl sites for hydroxylation is 1. The molecule has 1 aliphatic heterocycles. The fourth-order valence-corrected chi connectivity index (χ4v) is 5.55. The molecule has 0 bridgehead atoms. The van der Waals surface area contributed by atoms with E-state index in [-0.39, 0.29) is 11.8 Å². The normalized spacial score (nSPS) is 27.8. The van der Waals surface area contributed by atoms with E-state index in [1.165, 1.54) is 11.1 Å². The molecule has 3 atom stereocenters. The van der Waals surface area contributed by atoms with Gasteiger partial charge in [-0.25, -0.2) is 0 Å². The summed E-state index contributed by atoms with van der Waals surface area (Å²) in [5.74, 6) is 0.914. The van der Waals surface area contributed by atoms with Crippen LogP contribution in [-0.4, -0.2) is 4.33 Å². The summed E-state index contributed by atoms with van der Waals surface area (Å²) in [6, 6.07) is 26.8. The second-order valence-corrected chi connectivity index (χ2v) is 8.56. The molecule has 0 unspecified atom stereocenters. The molecule has 0 radical (unpaired) electrons. The molecular formula is C23H18Cl2O. The standard InChI is InChI=1S/C23H18Cl2O/c1-15-9-5-6-12-17(15)20-18-13-7-8-14-19(18)26-22(21(20)23(22,24)25)16-10-3-2-4-11-16/h2-14,20-21H,1H3/t20-,21-,22+/m1/s1. The monoisotopic (exact) mass is 380 g/mol. The van der Waals surface area contributed by atoms with Crippen LogP contribution in [0.25, 0.3) is 0 Å². The van der Waals surface area contributed by atoms with E-state index in [4.69, 9.17) is 27.9 Å². The summed E-state index contributed by atoms with van der Waals surface area (Å²) in [5, 5.41) is 0. The highest BCUT2D eigenvalue weighted by molar-refractivity contribution is 6.52. The van der Waals surface area contributed by atoms with Crippen LogP contribution >= 0.6 is 23.2 Å². The first kappa shape index (κ1) is 16.2. The molecule has 0 spiro atoms. The van der Waals surface area contributed by atoms with Gasteiger partial charge in [0.15, 0.2) is 9.93 Å². The predicted molar refractivity (Wildman–Crippen MR) is 106 cm³/mol. The van der Waals surface area contributed by atoms with Crippen LogP contribution < -0.4 is 4.74 Å². The van der Waals surface area contributed by atoms with E-state index in [1.807, 2.05) is 30.3 Å². The summed E-state index contributed by atoms with van der Waals surface area (Å²) in [6.45, 7) is 2.14. The quantitative estimate of drug-likeness (QED) is 0.479. The van der Waals surface area contributed by atoms with Gasteiger partial charge in [-0.2, -0.15) is 0 Å². The first-order valence-corrected chi connectivity index (χ1v) is 9.60. The van der Waals surface area contributed by atoms with Crippen LogP contribution in [0.4, 0.5) is 0 Å². The van der Waals surface area contributed by atoms with E-state index in [9.17, 15) is 0 Å². The van der Waals surface area contributed by atoms with Crippen LogP contribution in [0, 0.1) is 12.8 Å². The molecule has 1 aliphatic carbocycles. The summed E-state index contributed by atoms with van der Waals surface area (Å²) < 4.78 is 5.54. The van der Waals surface area contributed by atoms with Crippen LogP contribution in [0.2, 0.25) is 0 Å². The number of rotatable bonds is 2. The van der Waals surface area contributed by atoms with Crippen LogP contribution in [0.15, 0.2) is 78.9 Å². The van der Waals surface area contributed by atoms with Crippen molar-refractivity contribution in [1.82, 2.24) is 0 Å². The fourth-order valence-electron chi connectivity index (χ4n) is 4.56. The van der Waals surface area contributed by atoms with Gasteiger partial charge < -0.3 is 4.74 Å². The number of hydrogen-bond acceptors (Lipinski definition) is 1. The Morgan fingerprint density at radius 1 is 0.769 bits per heavy atom. The van der Waals surface area contributed by atoms with Gasteiger partial charge in [0.2, 0.25) is 0 Å². The number of hydrogen-bond donors (Lipinski definition) is 0. The highest BCUT2D eigenvalue weighted by Crippen LogP contribution is 2.77. The summed E-state index contributed by atoms with van der Waals surface area (Å²) in [4.78, 5) is 0. The van der Waals surface area contributed by atoms with Crippen LogP contribution in [0.3, 0.4) is 0 Å². The Kier molecular flexibility index (Phi) is 3.44. The van der Waals surface area contributed by atoms with Gasteiger partial charge in [0.25, 0.3) is 0 Å². The number of fused-ring (bicyclic) bond motifs is 2. The number of ether oxygens (including phenoxy) is 1. The third kappa shape index (κ3) is 1.99. The first-order valence-electron chi connectivity index (χ1n) is 8.84. The highest BCUT2D eigenvalue weighted by atomic mass is 35.5. The molecule has 1 nitrogen and oxygen atoms in total. The molecule has 130 valence electrons.